The van der Waals surface area contributed by atoms with E-state index in [0.29, 0.717) is 41.0 Å². The molecule has 4 heterocycles. The summed E-state index contributed by atoms with van der Waals surface area (Å²) < 4.78 is 80.2. The van der Waals surface area contributed by atoms with Crippen LogP contribution >= 0.6 is 0 Å². The van der Waals surface area contributed by atoms with Crippen molar-refractivity contribution >= 4 is 19.1 Å². The van der Waals surface area contributed by atoms with Crippen molar-refractivity contribution in [2.75, 3.05) is 6.61 Å². The first-order valence-electron chi connectivity index (χ1n) is 15.1. The molecule has 248 valence electrons. The summed E-state index contributed by atoms with van der Waals surface area (Å²) >= 11 is 0. The molecule has 4 aromatic heterocycles. The summed E-state index contributed by atoms with van der Waals surface area (Å²) in [6.45, 7) is 4.39. The second-order valence-corrected chi connectivity index (χ2v) is 18.4. The van der Waals surface area contributed by atoms with Crippen LogP contribution in [0.2, 0.25) is 25.7 Å². The fourth-order valence-electron chi connectivity index (χ4n) is 5.17. The number of aryl methyl sites for hydroxylation is 1. The van der Waals surface area contributed by atoms with Gasteiger partial charge in [0.15, 0.2) is 11.5 Å². The maximum absolute atomic E-state index is 13.4. The number of alkyl halides is 5. The van der Waals surface area contributed by atoms with Gasteiger partial charge in [0, 0.05) is 45.8 Å². The smallest absolute Gasteiger partial charge is 0.416 e. The molecular weight excluding hydrogens is 639 g/mol. The third-order valence-corrected chi connectivity index (χ3v) is 9.48. The van der Waals surface area contributed by atoms with Crippen LogP contribution in [0.15, 0.2) is 43.0 Å². The van der Waals surface area contributed by atoms with Crippen LogP contribution < -0.4 is 4.74 Å². The summed E-state index contributed by atoms with van der Waals surface area (Å²) in [5.41, 5.74) is 2.80. The lowest BCUT2D eigenvalue weighted by atomic mass is 10.1. The highest BCUT2D eigenvalue weighted by Gasteiger charge is 2.35. The van der Waals surface area contributed by atoms with Crippen LogP contribution in [-0.2, 0) is 31.1 Å². The lowest BCUT2D eigenvalue weighted by molar-refractivity contribution is -0.140. The van der Waals surface area contributed by atoms with Gasteiger partial charge in [-0.3, -0.25) is 0 Å². The number of hydrogen-bond donors (Lipinski definition) is 0. The number of hydrogen-bond acceptors (Lipinski definition) is 8. The Hall–Kier alpha value is -4.31. The summed E-state index contributed by atoms with van der Waals surface area (Å²) in [6.07, 6.45) is 1.17. The topological polar surface area (TPSA) is 106 Å². The summed E-state index contributed by atoms with van der Waals surface area (Å²) in [5, 5.41) is 4.70. The molecule has 1 aromatic carbocycles. The Morgan fingerprint density at radius 2 is 1.77 bits per heavy atom. The molecule has 0 N–H and O–H groups in total. The minimum atomic E-state index is -4.55. The van der Waals surface area contributed by atoms with Gasteiger partial charge < -0.3 is 14.0 Å². The molecule has 47 heavy (non-hydrogen) atoms. The molecule has 0 spiro atoms. The molecule has 0 unspecified atom stereocenters. The molecule has 1 fully saturated rings. The SMILES string of the molecule is Cn1cc(C(F)(F)F)nc1-c1ccc(Cc2c3nc(-c4c(OC(F)F)ncnc4C4CC4)ncc3nn2COCC[Si](C)(C)C)cc1. The van der Waals surface area contributed by atoms with E-state index >= 15 is 0 Å². The first-order valence-corrected chi connectivity index (χ1v) is 18.8. The van der Waals surface area contributed by atoms with Crippen LogP contribution in [0, 0.1) is 0 Å². The van der Waals surface area contributed by atoms with Crippen LogP contribution in [0.3, 0.4) is 0 Å². The lowest BCUT2D eigenvalue weighted by Gasteiger charge is -2.16. The standard InChI is InChI=1S/C31H33F5N8O2Si/c1-43-15-23(31(34,35)36)40-28(43)20-7-5-18(6-8-20)13-22-26-21(42-44(22)17-45-11-12-47(2,3)4)14-37-27(41-26)24-25(19-9-10-19)38-16-39-29(24)46-30(32)33/h5-8,14-16,19,30H,9-13,17H2,1-4H3. The summed E-state index contributed by atoms with van der Waals surface area (Å²) in [7, 11) is 0.170. The van der Waals surface area contributed by atoms with Crippen LogP contribution in [0.1, 0.15) is 41.4 Å². The molecule has 6 rings (SSSR count). The van der Waals surface area contributed by atoms with Gasteiger partial charge in [0.1, 0.15) is 35.5 Å². The zero-order valence-corrected chi connectivity index (χ0v) is 27.2. The van der Waals surface area contributed by atoms with Crippen molar-refractivity contribution < 1.29 is 31.4 Å². The quantitative estimate of drug-likeness (QED) is 0.0787. The van der Waals surface area contributed by atoms with Crippen molar-refractivity contribution in [3.05, 3.63) is 65.6 Å². The first kappa shape index (κ1) is 32.6. The van der Waals surface area contributed by atoms with Crippen molar-refractivity contribution in [3.63, 3.8) is 0 Å². The first-order chi connectivity index (χ1) is 22.3. The minimum Gasteiger partial charge on any atom is -0.416 e. The van der Waals surface area contributed by atoms with Crippen molar-refractivity contribution in [1.29, 1.82) is 0 Å². The number of fused-ring (bicyclic) bond motifs is 1. The molecule has 0 saturated heterocycles. The van der Waals surface area contributed by atoms with Gasteiger partial charge >= 0.3 is 12.8 Å². The average Bonchev–Trinajstić information content (AvgIpc) is 3.69. The monoisotopic (exact) mass is 672 g/mol. The molecule has 0 aliphatic heterocycles. The second-order valence-electron chi connectivity index (χ2n) is 12.7. The van der Waals surface area contributed by atoms with Crippen LogP contribution in [0.25, 0.3) is 33.8 Å². The van der Waals surface area contributed by atoms with Gasteiger partial charge in [0.25, 0.3) is 0 Å². The largest absolute Gasteiger partial charge is 0.434 e. The van der Waals surface area contributed by atoms with Gasteiger partial charge in [-0.05, 0) is 24.4 Å². The lowest BCUT2D eigenvalue weighted by Crippen LogP contribution is -2.22. The van der Waals surface area contributed by atoms with Gasteiger partial charge in [-0.1, -0.05) is 43.9 Å². The van der Waals surface area contributed by atoms with E-state index in [4.69, 9.17) is 19.6 Å². The highest BCUT2D eigenvalue weighted by Crippen LogP contribution is 2.45. The molecule has 5 aromatic rings. The van der Waals surface area contributed by atoms with Gasteiger partial charge in [-0.15, -0.1) is 0 Å². The predicted molar refractivity (Wildman–Crippen MR) is 166 cm³/mol. The maximum atomic E-state index is 13.4. The minimum absolute atomic E-state index is 0.0683. The van der Waals surface area contributed by atoms with Crippen LogP contribution in [0.4, 0.5) is 22.0 Å². The van der Waals surface area contributed by atoms with Gasteiger partial charge in [-0.2, -0.15) is 27.1 Å². The Kier molecular flexibility index (Phi) is 8.82. The summed E-state index contributed by atoms with van der Waals surface area (Å²) in [5.74, 6) is 0.102. The van der Waals surface area contributed by atoms with E-state index in [1.165, 1.54) is 24.1 Å². The van der Waals surface area contributed by atoms with Crippen LogP contribution in [0.5, 0.6) is 5.88 Å². The maximum Gasteiger partial charge on any atom is 0.434 e. The molecule has 0 radical (unpaired) electrons. The highest BCUT2D eigenvalue weighted by molar-refractivity contribution is 6.76. The average molecular weight is 673 g/mol. The van der Waals surface area contributed by atoms with Crippen LogP contribution in [-0.4, -0.2) is 60.6 Å². The second kappa shape index (κ2) is 12.7. The van der Waals surface area contributed by atoms with E-state index in [1.807, 2.05) is 0 Å². The molecule has 1 aliphatic carbocycles. The molecule has 0 bridgehead atoms. The van der Waals surface area contributed by atoms with E-state index < -0.39 is 26.6 Å². The Morgan fingerprint density at radius 1 is 1.02 bits per heavy atom. The van der Waals surface area contributed by atoms with Crippen molar-refractivity contribution in [2.45, 2.75) is 70.4 Å². The molecule has 1 saturated carbocycles. The third kappa shape index (κ3) is 7.48. The zero-order chi connectivity index (χ0) is 33.5. The van der Waals surface area contributed by atoms with Gasteiger partial charge in [0.05, 0.1) is 17.6 Å². The van der Waals surface area contributed by atoms with E-state index in [1.54, 1.807) is 28.9 Å². The van der Waals surface area contributed by atoms with Crippen molar-refractivity contribution in [1.82, 2.24) is 39.3 Å². The Bertz CT molecular complexity index is 1880. The Labute approximate surface area is 268 Å². The number of nitrogens with zero attached hydrogens (tertiary/aromatic N) is 8. The van der Waals surface area contributed by atoms with E-state index in [2.05, 4.69) is 39.6 Å². The number of benzene rings is 1. The van der Waals surface area contributed by atoms with Crippen molar-refractivity contribution in [3.8, 4) is 28.7 Å². The molecule has 1 aliphatic rings. The number of imidazole rings is 1. The number of aromatic nitrogens is 8. The summed E-state index contributed by atoms with van der Waals surface area (Å²) in [4.78, 5) is 21.4. The fraction of sp³-hybridized carbons (Fsp3) is 0.419. The predicted octanol–water partition coefficient (Wildman–Crippen LogP) is 7.08. The summed E-state index contributed by atoms with van der Waals surface area (Å²) in [6, 6.07) is 7.99. The molecule has 10 nitrogen and oxygen atoms in total. The normalized spacial score (nSPS) is 14.0. The Morgan fingerprint density at radius 3 is 2.40 bits per heavy atom. The number of rotatable bonds is 12. The highest BCUT2D eigenvalue weighted by atomic mass is 28.3. The van der Waals surface area contributed by atoms with E-state index in [0.717, 1.165) is 30.6 Å². The number of ether oxygens (including phenoxy) is 2. The van der Waals surface area contributed by atoms with Gasteiger partial charge in [-0.25, -0.2) is 29.6 Å². The Balaban J connectivity index is 1.37. The van der Waals surface area contributed by atoms with Gasteiger partial charge in [0.2, 0.25) is 5.88 Å². The van der Waals surface area contributed by atoms with Crippen molar-refractivity contribution in [2.24, 2.45) is 7.05 Å². The fourth-order valence-corrected chi connectivity index (χ4v) is 5.93. The zero-order valence-electron chi connectivity index (χ0n) is 26.2. The number of halogens is 5. The molecule has 16 heteroatoms. The molecule has 0 atom stereocenters. The third-order valence-electron chi connectivity index (χ3n) is 7.77. The molecule has 0 amide bonds. The molecular formula is C31H33F5N8O2Si. The van der Waals surface area contributed by atoms with E-state index in [9.17, 15) is 22.0 Å². The van der Waals surface area contributed by atoms with E-state index in [-0.39, 0.29) is 35.7 Å².